The van der Waals surface area contributed by atoms with Crippen LogP contribution in [-0.2, 0) is 14.3 Å². The molecule has 1 atom stereocenters. The van der Waals surface area contributed by atoms with E-state index >= 15 is 0 Å². The Bertz CT molecular complexity index is 471. The maximum Gasteiger partial charge on any atom is 0.332 e. The lowest BCUT2D eigenvalue weighted by Gasteiger charge is -2.27. The Labute approximate surface area is 109 Å². The van der Waals surface area contributed by atoms with Gasteiger partial charge < -0.3 is 4.74 Å². The maximum absolute atomic E-state index is 12.0. The quantitative estimate of drug-likeness (QED) is 0.733. The van der Waals surface area contributed by atoms with E-state index in [9.17, 15) is 14.4 Å². The average Bonchev–Trinajstić information content (AvgIpc) is 2.94. The van der Waals surface area contributed by atoms with Crippen molar-refractivity contribution in [2.24, 2.45) is 0 Å². The van der Waals surface area contributed by atoms with Crippen LogP contribution in [0.25, 0.3) is 0 Å². The number of urea groups is 1. The van der Waals surface area contributed by atoms with Crippen molar-refractivity contribution in [3.63, 3.8) is 0 Å². The number of nitrogens with one attached hydrogen (secondary N) is 2. The van der Waals surface area contributed by atoms with Gasteiger partial charge in [0.1, 0.15) is 0 Å². The summed E-state index contributed by atoms with van der Waals surface area (Å²) in [5, 5.41) is 4.87. The molecule has 0 saturated carbocycles. The van der Waals surface area contributed by atoms with E-state index in [4.69, 9.17) is 4.74 Å². The molecule has 0 bridgehead atoms. The van der Waals surface area contributed by atoms with Crippen LogP contribution in [0.15, 0.2) is 30.3 Å². The average molecular weight is 262 g/mol. The molecule has 1 fully saturated rings. The minimum Gasteiger partial charge on any atom is -0.343 e. The predicted octanol–water partition coefficient (Wildman–Crippen LogP) is -0.258. The zero-order valence-corrected chi connectivity index (χ0v) is 9.96. The van der Waals surface area contributed by atoms with Crippen molar-refractivity contribution in [3.05, 3.63) is 30.3 Å². The summed E-state index contributed by atoms with van der Waals surface area (Å²) in [5.41, 5.74) is 0.540. The van der Waals surface area contributed by atoms with Crippen LogP contribution in [0.5, 0.6) is 0 Å². The highest BCUT2D eigenvalue weighted by Gasteiger charge is 2.29. The van der Waals surface area contributed by atoms with Gasteiger partial charge in [-0.25, -0.2) is 4.79 Å². The highest BCUT2D eigenvalue weighted by atomic mass is 16.5. The van der Waals surface area contributed by atoms with Crippen LogP contribution in [0, 0.1) is 0 Å². The minimum absolute atomic E-state index is 0.453. The van der Waals surface area contributed by atoms with Crippen LogP contribution in [0.4, 0.5) is 10.5 Å². The molecule has 0 aromatic heterocycles. The number of hydrogen-bond acceptors (Lipinski definition) is 5. The number of amides is 3. The third-order valence-corrected chi connectivity index (χ3v) is 2.50. The Morgan fingerprint density at radius 1 is 1.37 bits per heavy atom. The molecule has 0 aliphatic carbocycles. The van der Waals surface area contributed by atoms with Crippen LogP contribution in [0.2, 0.25) is 0 Å². The molecule has 99 valence electrons. The molecule has 1 aliphatic rings. The molecule has 1 aromatic rings. The molecule has 3 amide bonds. The smallest absolute Gasteiger partial charge is 0.332 e. The van der Waals surface area contributed by atoms with Crippen LogP contribution in [0.3, 0.4) is 0 Å². The molecule has 2 N–H and O–H groups in total. The van der Waals surface area contributed by atoms with E-state index in [0.717, 1.165) is 6.29 Å². The number of imide groups is 1. The Morgan fingerprint density at radius 2 is 2.11 bits per heavy atom. The number of rotatable bonds is 3. The SMILES string of the molecule is O=[C]C(=O)NC(=O)N(c1ccccc1)C1NCCO1. The van der Waals surface area contributed by atoms with Gasteiger partial charge in [-0.1, -0.05) is 18.2 Å². The van der Waals surface area contributed by atoms with E-state index < -0.39 is 18.3 Å². The molecular weight excluding hydrogens is 250 g/mol. The molecule has 7 nitrogen and oxygen atoms in total. The van der Waals surface area contributed by atoms with Gasteiger partial charge in [-0.3, -0.25) is 25.1 Å². The number of carbonyl (C=O) groups excluding carboxylic acids is 3. The summed E-state index contributed by atoms with van der Waals surface area (Å²) in [7, 11) is 0. The third kappa shape index (κ3) is 3.15. The highest BCUT2D eigenvalue weighted by Crippen LogP contribution is 2.17. The van der Waals surface area contributed by atoms with Crippen LogP contribution in [0.1, 0.15) is 0 Å². The molecule has 19 heavy (non-hydrogen) atoms. The van der Waals surface area contributed by atoms with Crippen molar-refractivity contribution in [3.8, 4) is 0 Å². The monoisotopic (exact) mass is 262 g/mol. The van der Waals surface area contributed by atoms with E-state index in [1.54, 1.807) is 30.3 Å². The van der Waals surface area contributed by atoms with Gasteiger partial charge in [-0.15, -0.1) is 0 Å². The van der Waals surface area contributed by atoms with Crippen molar-refractivity contribution in [2.75, 3.05) is 18.1 Å². The van der Waals surface area contributed by atoms with Crippen molar-refractivity contribution in [1.29, 1.82) is 0 Å². The van der Waals surface area contributed by atoms with E-state index in [2.05, 4.69) is 5.32 Å². The summed E-state index contributed by atoms with van der Waals surface area (Å²) in [6.45, 7) is 1.05. The Hall–Kier alpha value is -2.25. The predicted molar refractivity (Wildman–Crippen MR) is 65.9 cm³/mol. The van der Waals surface area contributed by atoms with E-state index in [1.807, 2.05) is 5.32 Å². The van der Waals surface area contributed by atoms with Crippen molar-refractivity contribution in [2.45, 2.75) is 6.35 Å². The lowest BCUT2D eigenvalue weighted by atomic mass is 10.3. The van der Waals surface area contributed by atoms with Gasteiger partial charge in [-0.05, 0) is 12.1 Å². The summed E-state index contributed by atoms with van der Waals surface area (Å²) in [4.78, 5) is 34.3. The first-order valence-corrected chi connectivity index (χ1v) is 5.65. The number of anilines is 1. The first-order chi connectivity index (χ1) is 9.22. The zero-order valence-electron chi connectivity index (χ0n) is 9.96. The van der Waals surface area contributed by atoms with Gasteiger partial charge in [0.15, 0.2) is 6.35 Å². The number of para-hydroxylation sites is 1. The second-order valence-electron chi connectivity index (χ2n) is 3.74. The fraction of sp³-hybridized carbons (Fsp3) is 0.250. The number of nitrogens with zero attached hydrogens (tertiary/aromatic N) is 1. The van der Waals surface area contributed by atoms with Crippen LogP contribution < -0.4 is 15.5 Å². The van der Waals surface area contributed by atoms with Crippen LogP contribution in [-0.4, -0.2) is 37.7 Å². The van der Waals surface area contributed by atoms with E-state index in [0.29, 0.717) is 18.8 Å². The summed E-state index contributed by atoms with van der Waals surface area (Å²) < 4.78 is 5.35. The molecule has 1 heterocycles. The summed E-state index contributed by atoms with van der Waals surface area (Å²) in [5.74, 6) is -1.12. The molecule has 1 unspecified atom stereocenters. The fourth-order valence-corrected chi connectivity index (χ4v) is 1.71. The normalized spacial score (nSPS) is 17.8. The largest absolute Gasteiger partial charge is 0.343 e. The van der Waals surface area contributed by atoms with Crippen LogP contribution >= 0.6 is 0 Å². The first-order valence-electron chi connectivity index (χ1n) is 5.65. The van der Waals surface area contributed by atoms with Gasteiger partial charge in [-0.2, -0.15) is 0 Å². The van der Waals surface area contributed by atoms with Crippen molar-refractivity contribution in [1.82, 2.24) is 10.6 Å². The van der Waals surface area contributed by atoms with E-state index in [1.165, 1.54) is 4.90 Å². The lowest BCUT2D eigenvalue weighted by Crippen LogP contribution is -2.52. The van der Waals surface area contributed by atoms with Crippen molar-refractivity contribution < 1.29 is 19.1 Å². The van der Waals surface area contributed by atoms with Gasteiger partial charge in [0, 0.05) is 12.2 Å². The minimum atomic E-state index is -1.12. The number of carbonyl (C=O) groups is 2. The van der Waals surface area contributed by atoms with E-state index in [-0.39, 0.29) is 0 Å². The Morgan fingerprint density at radius 3 is 2.68 bits per heavy atom. The Kier molecular flexibility index (Phi) is 4.22. The number of benzene rings is 1. The molecule has 1 radical (unpaired) electrons. The molecule has 0 spiro atoms. The number of hydrogen-bond donors (Lipinski definition) is 2. The second kappa shape index (κ2) is 6.07. The van der Waals surface area contributed by atoms with Crippen molar-refractivity contribution >= 4 is 23.9 Å². The Balaban J connectivity index is 2.21. The topological polar surface area (TPSA) is 87.7 Å². The van der Waals surface area contributed by atoms with Gasteiger partial charge in [0.05, 0.1) is 6.61 Å². The molecule has 1 aromatic carbocycles. The summed E-state index contributed by atoms with van der Waals surface area (Å²) >= 11 is 0. The summed E-state index contributed by atoms with van der Waals surface area (Å²) in [6.07, 6.45) is 0.405. The lowest BCUT2D eigenvalue weighted by molar-refractivity contribution is -0.113. The first kappa shape index (κ1) is 13.2. The summed E-state index contributed by atoms with van der Waals surface area (Å²) in [6, 6.07) is 7.93. The third-order valence-electron chi connectivity index (χ3n) is 2.50. The second-order valence-corrected chi connectivity index (χ2v) is 3.74. The molecule has 1 aliphatic heterocycles. The van der Waals surface area contributed by atoms with Gasteiger partial charge in [0.2, 0.25) is 0 Å². The molecular formula is C12H12N3O4. The molecule has 2 rings (SSSR count). The van der Waals surface area contributed by atoms with Gasteiger partial charge >= 0.3 is 11.9 Å². The molecule has 7 heteroatoms. The molecule has 1 saturated heterocycles. The standard InChI is InChI=1S/C12H12N3O4/c16-8-10(17)14-11(18)15(12-13-6-7-19-12)9-4-2-1-3-5-9/h1-5,12-13H,6-7H2,(H,14,17,18). The zero-order chi connectivity index (χ0) is 13.7. The maximum atomic E-state index is 12.0. The highest BCUT2D eigenvalue weighted by molar-refractivity contribution is 6.28. The van der Waals surface area contributed by atoms with Gasteiger partial charge in [0.25, 0.3) is 6.29 Å². The fourth-order valence-electron chi connectivity index (χ4n) is 1.71. The number of ether oxygens (including phenoxy) is 1.